The summed E-state index contributed by atoms with van der Waals surface area (Å²) < 4.78 is 0. The molecular weight excluding hydrogens is 288 g/mol. The highest BCUT2D eigenvalue weighted by atomic mass is 79.9. The standard InChI is InChI=1S/C12H11BrO2S/c13-7-10(14)12(15)9-3-4-11-8(6-9)2-1-5-16-11/h3-4,6H,1-2,5,7H2. The van der Waals surface area contributed by atoms with E-state index in [9.17, 15) is 9.59 Å². The third-order valence-corrected chi connectivity index (χ3v) is 4.26. The molecular formula is C12H11BrO2S. The van der Waals surface area contributed by atoms with Crippen LogP contribution in [0.25, 0.3) is 0 Å². The maximum absolute atomic E-state index is 11.7. The zero-order valence-corrected chi connectivity index (χ0v) is 11.1. The minimum atomic E-state index is -0.393. The molecule has 0 bridgehead atoms. The van der Waals surface area contributed by atoms with Crippen LogP contribution >= 0.6 is 27.7 Å². The fourth-order valence-corrected chi connectivity index (χ4v) is 3.00. The molecule has 0 aliphatic carbocycles. The largest absolute Gasteiger partial charge is 0.290 e. The molecule has 0 amide bonds. The summed E-state index contributed by atoms with van der Waals surface area (Å²) in [5.74, 6) is 0.360. The number of thioether (sulfide) groups is 1. The monoisotopic (exact) mass is 298 g/mol. The van der Waals surface area contributed by atoms with Crippen LogP contribution in [0.3, 0.4) is 0 Å². The lowest BCUT2D eigenvalue weighted by Crippen LogP contribution is -2.15. The summed E-state index contributed by atoms with van der Waals surface area (Å²) >= 11 is 4.83. The zero-order chi connectivity index (χ0) is 11.5. The summed E-state index contributed by atoms with van der Waals surface area (Å²) in [5, 5.41) is 0.0949. The first-order valence-electron chi connectivity index (χ1n) is 5.11. The molecule has 0 atom stereocenters. The van der Waals surface area contributed by atoms with Crippen LogP contribution in [0.2, 0.25) is 0 Å². The lowest BCUT2D eigenvalue weighted by atomic mass is 10.0. The number of aryl methyl sites for hydroxylation is 1. The summed E-state index contributed by atoms with van der Waals surface area (Å²) in [6.45, 7) is 0. The number of Topliss-reactive ketones (excluding diaryl/α,β-unsaturated/α-hetero) is 2. The lowest BCUT2D eigenvalue weighted by molar-refractivity contribution is -0.112. The molecule has 1 aromatic carbocycles. The van der Waals surface area contributed by atoms with Gasteiger partial charge in [-0.2, -0.15) is 0 Å². The molecule has 1 aromatic rings. The number of rotatable bonds is 3. The van der Waals surface area contributed by atoms with Crippen LogP contribution in [-0.2, 0) is 11.2 Å². The number of hydrogen-bond acceptors (Lipinski definition) is 3. The zero-order valence-electron chi connectivity index (χ0n) is 8.66. The van der Waals surface area contributed by atoms with Crippen LogP contribution in [0.4, 0.5) is 0 Å². The highest BCUT2D eigenvalue weighted by molar-refractivity contribution is 9.09. The SMILES string of the molecule is O=C(CBr)C(=O)c1ccc2c(c1)CCCS2. The molecule has 16 heavy (non-hydrogen) atoms. The molecule has 2 rings (SSSR count). The van der Waals surface area contributed by atoms with E-state index in [1.807, 2.05) is 23.9 Å². The smallest absolute Gasteiger partial charge is 0.229 e. The van der Waals surface area contributed by atoms with E-state index < -0.39 is 5.78 Å². The third kappa shape index (κ3) is 2.38. The van der Waals surface area contributed by atoms with Crippen LogP contribution in [0.5, 0.6) is 0 Å². The van der Waals surface area contributed by atoms with E-state index in [4.69, 9.17) is 0 Å². The minimum Gasteiger partial charge on any atom is -0.290 e. The first-order chi connectivity index (χ1) is 7.72. The molecule has 0 N–H and O–H groups in total. The van der Waals surface area contributed by atoms with Gasteiger partial charge in [0.15, 0.2) is 0 Å². The molecule has 1 heterocycles. The van der Waals surface area contributed by atoms with Gasteiger partial charge in [-0.1, -0.05) is 15.9 Å². The topological polar surface area (TPSA) is 34.1 Å². The van der Waals surface area contributed by atoms with Crippen molar-refractivity contribution in [2.75, 3.05) is 11.1 Å². The predicted octanol–water partition coefficient (Wildman–Crippen LogP) is 2.87. The summed E-state index contributed by atoms with van der Waals surface area (Å²) in [6, 6.07) is 5.57. The predicted molar refractivity (Wildman–Crippen MR) is 68.6 cm³/mol. The number of ketones is 2. The van der Waals surface area contributed by atoms with Crippen molar-refractivity contribution in [2.45, 2.75) is 17.7 Å². The fourth-order valence-electron chi connectivity index (χ4n) is 1.72. The van der Waals surface area contributed by atoms with Crippen molar-refractivity contribution in [1.82, 2.24) is 0 Å². The van der Waals surface area contributed by atoms with Crippen molar-refractivity contribution in [3.63, 3.8) is 0 Å². The molecule has 1 aliphatic heterocycles. The molecule has 1 aliphatic rings. The van der Waals surface area contributed by atoms with Gasteiger partial charge in [0.25, 0.3) is 0 Å². The Kier molecular flexibility index (Phi) is 3.82. The van der Waals surface area contributed by atoms with Gasteiger partial charge in [-0.3, -0.25) is 9.59 Å². The van der Waals surface area contributed by atoms with Crippen molar-refractivity contribution in [3.05, 3.63) is 29.3 Å². The van der Waals surface area contributed by atoms with Gasteiger partial charge in [0.1, 0.15) is 0 Å². The highest BCUT2D eigenvalue weighted by Gasteiger charge is 2.17. The van der Waals surface area contributed by atoms with Crippen molar-refractivity contribution >= 4 is 39.3 Å². The van der Waals surface area contributed by atoms with E-state index in [1.165, 1.54) is 10.5 Å². The number of fused-ring (bicyclic) bond motifs is 1. The summed E-state index contributed by atoms with van der Waals surface area (Å²) in [6.07, 6.45) is 2.15. The third-order valence-electron chi connectivity index (χ3n) is 2.55. The van der Waals surface area contributed by atoms with Crippen molar-refractivity contribution < 1.29 is 9.59 Å². The van der Waals surface area contributed by atoms with E-state index in [0.29, 0.717) is 5.56 Å². The van der Waals surface area contributed by atoms with Crippen LogP contribution in [0, 0.1) is 0 Å². The molecule has 0 saturated heterocycles. The molecule has 0 spiro atoms. The Balaban J connectivity index is 2.30. The normalized spacial score (nSPS) is 14.3. The second kappa shape index (κ2) is 5.15. The van der Waals surface area contributed by atoms with Gasteiger partial charge in [0.2, 0.25) is 11.6 Å². The van der Waals surface area contributed by atoms with Gasteiger partial charge in [0, 0.05) is 10.5 Å². The molecule has 0 fully saturated rings. The molecule has 4 heteroatoms. The van der Waals surface area contributed by atoms with E-state index >= 15 is 0 Å². The second-order valence-corrected chi connectivity index (χ2v) is 5.36. The second-order valence-electron chi connectivity index (χ2n) is 3.66. The van der Waals surface area contributed by atoms with Gasteiger partial charge in [-0.05, 0) is 42.4 Å². The van der Waals surface area contributed by atoms with E-state index in [1.54, 1.807) is 6.07 Å². The van der Waals surface area contributed by atoms with E-state index in [0.717, 1.165) is 18.6 Å². The van der Waals surface area contributed by atoms with E-state index in [-0.39, 0.29) is 11.1 Å². The lowest BCUT2D eigenvalue weighted by Gasteiger charge is -2.15. The van der Waals surface area contributed by atoms with E-state index in [2.05, 4.69) is 15.9 Å². The number of halogens is 1. The maximum atomic E-state index is 11.7. The number of carbonyl (C=O) groups excluding carboxylic acids is 2. The Morgan fingerprint density at radius 2 is 2.19 bits per heavy atom. The van der Waals surface area contributed by atoms with Crippen LogP contribution in [0.1, 0.15) is 22.3 Å². The van der Waals surface area contributed by atoms with Crippen molar-refractivity contribution in [3.8, 4) is 0 Å². The molecule has 0 radical (unpaired) electrons. The molecule has 0 saturated carbocycles. The molecule has 84 valence electrons. The van der Waals surface area contributed by atoms with Gasteiger partial charge in [-0.15, -0.1) is 11.8 Å². The Morgan fingerprint density at radius 3 is 2.94 bits per heavy atom. The maximum Gasteiger partial charge on any atom is 0.229 e. The molecule has 2 nitrogen and oxygen atoms in total. The number of carbonyl (C=O) groups is 2. The Labute approximate surface area is 107 Å². The summed E-state index contributed by atoms with van der Waals surface area (Å²) in [4.78, 5) is 24.2. The van der Waals surface area contributed by atoms with Gasteiger partial charge in [0.05, 0.1) is 5.33 Å². The Hall–Kier alpha value is -0.610. The quantitative estimate of drug-likeness (QED) is 0.489. The summed E-state index contributed by atoms with van der Waals surface area (Å²) in [5.41, 5.74) is 1.72. The summed E-state index contributed by atoms with van der Waals surface area (Å²) in [7, 11) is 0. The highest BCUT2D eigenvalue weighted by Crippen LogP contribution is 2.30. The van der Waals surface area contributed by atoms with Gasteiger partial charge in [-0.25, -0.2) is 0 Å². The minimum absolute atomic E-state index is 0.0949. The van der Waals surface area contributed by atoms with Crippen LogP contribution < -0.4 is 0 Å². The van der Waals surface area contributed by atoms with Crippen molar-refractivity contribution in [1.29, 1.82) is 0 Å². The Morgan fingerprint density at radius 1 is 1.38 bits per heavy atom. The Bertz CT molecular complexity index is 443. The molecule has 0 unspecified atom stereocenters. The van der Waals surface area contributed by atoms with Crippen LogP contribution in [0.15, 0.2) is 23.1 Å². The fraction of sp³-hybridized carbons (Fsp3) is 0.333. The average molecular weight is 299 g/mol. The first kappa shape index (κ1) is 11.9. The van der Waals surface area contributed by atoms with Gasteiger partial charge >= 0.3 is 0 Å². The number of hydrogen-bond donors (Lipinski definition) is 0. The van der Waals surface area contributed by atoms with Crippen molar-refractivity contribution in [2.24, 2.45) is 0 Å². The van der Waals surface area contributed by atoms with Crippen LogP contribution in [-0.4, -0.2) is 22.6 Å². The number of benzene rings is 1. The average Bonchev–Trinajstić information content (AvgIpc) is 2.36. The first-order valence-corrected chi connectivity index (χ1v) is 7.22. The van der Waals surface area contributed by atoms with Gasteiger partial charge < -0.3 is 0 Å². The molecule has 0 aromatic heterocycles. The number of alkyl halides is 1.